The van der Waals surface area contributed by atoms with Gasteiger partial charge < -0.3 is 9.84 Å². The van der Waals surface area contributed by atoms with E-state index in [2.05, 4.69) is 9.97 Å². The monoisotopic (exact) mass is 280 g/mol. The van der Waals surface area contributed by atoms with Gasteiger partial charge in [0.1, 0.15) is 5.69 Å². The highest BCUT2D eigenvalue weighted by molar-refractivity contribution is 5.82. The van der Waals surface area contributed by atoms with Gasteiger partial charge in [-0.1, -0.05) is 42.5 Å². The van der Waals surface area contributed by atoms with Gasteiger partial charge in [-0.3, -0.25) is 0 Å². The first-order chi connectivity index (χ1) is 10.2. The molecular formula is C17H16N2O2. The zero-order chi connectivity index (χ0) is 14.8. The largest absolute Gasteiger partial charge is 0.479 e. The third-order valence-electron chi connectivity index (χ3n) is 3.38. The average molecular weight is 280 g/mol. The van der Waals surface area contributed by atoms with Crippen molar-refractivity contribution in [2.75, 3.05) is 7.11 Å². The second-order valence-corrected chi connectivity index (χ2v) is 4.84. The summed E-state index contributed by atoms with van der Waals surface area (Å²) in [7, 11) is 1.58. The average Bonchev–Trinajstić information content (AvgIpc) is 2.53. The summed E-state index contributed by atoms with van der Waals surface area (Å²) >= 11 is 0. The minimum absolute atomic E-state index is 0.483. The van der Waals surface area contributed by atoms with Gasteiger partial charge in [0.2, 0.25) is 5.88 Å². The Balaban J connectivity index is 2.31. The number of benzene rings is 2. The Morgan fingerprint density at radius 2 is 1.76 bits per heavy atom. The maximum atomic E-state index is 9.91. The van der Waals surface area contributed by atoms with Crippen LogP contribution in [0, 0.1) is 0 Å². The maximum absolute atomic E-state index is 9.91. The number of fused-ring (bicyclic) bond motifs is 1. The summed E-state index contributed by atoms with van der Waals surface area (Å²) in [4.78, 5) is 9.21. The zero-order valence-corrected chi connectivity index (χ0v) is 11.9. The number of aliphatic hydroxyl groups is 1. The van der Waals surface area contributed by atoms with Gasteiger partial charge in [-0.2, -0.15) is 0 Å². The van der Waals surface area contributed by atoms with E-state index in [4.69, 9.17) is 4.74 Å². The van der Waals surface area contributed by atoms with Gasteiger partial charge in [-0.15, -0.1) is 0 Å². The summed E-state index contributed by atoms with van der Waals surface area (Å²) in [5.74, 6) is 0.483. The SMILES string of the molecule is COc1nc2cccc(C(C)O)c2nc1-c1ccccc1. The minimum atomic E-state index is -0.597. The first-order valence-corrected chi connectivity index (χ1v) is 6.79. The summed E-state index contributed by atoms with van der Waals surface area (Å²) in [6.07, 6.45) is -0.597. The molecular weight excluding hydrogens is 264 g/mol. The van der Waals surface area contributed by atoms with Crippen LogP contribution < -0.4 is 4.74 Å². The van der Waals surface area contributed by atoms with Crippen molar-refractivity contribution in [3.8, 4) is 17.1 Å². The molecule has 1 unspecified atom stereocenters. The van der Waals surface area contributed by atoms with E-state index in [1.54, 1.807) is 14.0 Å². The fourth-order valence-corrected chi connectivity index (χ4v) is 2.35. The number of aromatic nitrogens is 2. The van der Waals surface area contributed by atoms with Crippen LogP contribution in [0.1, 0.15) is 18.6 Å². The molecule has 0 aliphatic rings. The number of hydrogen-bond acceptors (Lipinski definition) is 4. The van der Waals surface area contributed by atoms with Crippen LogP contribution in [-0.2, 0) is 0 Å². The second kappa shape index (κ2) is 5.50. The van der Waals surface area contributed by atoms with E-state index in [1.807, 2.05) is 48.5 Å². The summed E-state index contributed by atoms with van der Waals surface area (Å²) in [5.41, 5.74) is 3.79. The van der Waals surface area contributed by atoms with Crippen LogP contribution in [0.4, 0.5) is 0 Å². The van der Waals surface area contributed by atoms with Crippen LogP contribution in [0.5, 0.6) is 5.88 Å². The smallest absolute Gasteiger partial charge is 0.240 e. The first-order valence-electron chi connectivity index (χ1n) is 6.79. The Hall–Kier alpha value is -2.46. The molecule has 0 aliphatic heterocycles. The van der Waals surface area contributed by atoms with Crippen molar-refractivity contribution in [1.82, 2.24) is 9.97 Å². The van der Waals surface area contributed by atoms with Gasteiger partial charge in [0.05, 0.1) is 24.2 Å². The topological polar surface area (TPSA) is 55.2 Å². The highest BCUT2D eigenvalue weighted by atomic mass is 16.5. The number of rotatable bonds is 3. The summed E-state index contributed by atoms with van der Waals surface area (Å²) in [6.45, 7) is 1.73. The molecule has 1 N–H and O–H groups in total. The summed E-state index contributed by atoms with van der Waals surface area (Å²) in [5, 5.41) is 9.91. The molecule has 0 fully saturated rings. The number of nitrogens with zero attached hydrogens (tertiary/aromatic N) is 2. The Morgan fingerprint density at radius 1 is 1.00 bits per heavy atom. The quantitative estimate of drug-likeness (QED) is 0.799. The van der Waals surface area contributed by atoms with Crippen molar-refractivity contribution in [1.29, 1.82) is 0 Å². The molecule has 1 aromatic heterocycles. The molecule has 4 nitrogen and oxygen atoms in total. The number of ether oxygens (including phenoxy) is 1. The van der Waals surface area contributed by atoms with E-state index in [0.717, 1.165) is 11.1 Å². The Bertz CT molecular complexity index is 770. The van der Waals surface area contributed by atoms with Crippen LogP contribution in [0.2, 0.25) is 0 Å². The van der Waals surface area contributed by atoms with E-state index in [-0.39, 0.29) is 0 Å². The summed E-state index contributed by atoms with van der Waals surface area (Å²) in [6, 6.07) is 15.4. The van der Waals surface area contributed by atoms with Gasteiger partial charge in [-0.05, 0) is 13.0 Å². The van der Waals surface area contributed by atoms with Crippen LogP contribution in [-0.4, -0.2) is 22.2 Å². The van der Waals surface area contributed by atoms with Crippen molar-refractivity contribution in [3.05, 3.63) is 54.1 Å². The Morgan fingerprint density at radius 3 is 2.43 bits per heavy atom. The predicted octanol–water partition coefficient (Wildman–Crippen LogP) is 3.36. The number of para-hydroxylation sites is 1. The van der Waals surface area contributed by atoms with Crippen molar-refractivity contribution >= 4 is 11.0 Å². The molecule has 2 aromatic carbocycles. The van der Waals surface area contributed by atoms with Gasteiger partial charge in [0.15, 0.2) is 0 Å². The predicted molar refractivity (Wildman–Crippen MR) is 82.2 cm³/mol. The minimum Gasteiger partial charge on any atom is -0.479 e. The third-order valence-corrected chi connectivity index (χ3v) is 3.38. The summed E-state index contributed by atoms with van der Waals surface area (Å²) < 4.78 is 5.37. The van der Waals surface area contributed by atoms with Gasteiger partial charge in [-0.25, -0.2) is 9.97 Å². The van der Waals surface area contributed by atoms with Crippen molar-refractivity contribution in [2.24, 2.45) is 0 Å². The van der Waals surface area contributed by atoms with Crippen LogP contribution in [0.15, 0.2) is 48.5 Å². The molecule has 0 saturated carbocycles. The first kappa shape index (κ1) is 13.5. The molecule has 1 atom stereocenters. The van der Waals surface area contributed by atoms with Crippen molar-refractivity contribution in [2.45, 2.75) is 13.0 Å². The lowest BCUT2D eigenvalue weighted by Crippen LogP contribution is -2.00. The normalized spacial score (nSPS) is 12.3. The lowest BCUT2D eigenvalue weighted by Gasteiger charge is -2.12. The lowest BCUT2D eigenvalue weighted by molar-refractivity contribution is 0.200. The van der Waals surface area contributed by atoms with Crippen LogP contribution in [0.3, 0.4) is 0 Å². The zero-order valence-electron chi connectivity index (χ0n) is 11.9. The lowest BCUT2D eigenvalue weighted by atomic mass is 10.1. The molecule has 106 valence electrons. The fourth-order valence-electron chi connectivity index (χ4n) is 2.35. The molecule has 3 rings (SSSR count). The molecule has 0 spiro atoms. The van der Waals surface area contributed by atoms with Gasteiger partial charge in [0, 0.05) is 11.1 Å². The molecule has 0 radical (unpaired) electrons. The maximum Gasteiger partial charge on any atom is 0.240 e. The highest BCUT2D eigenvalue weighted by Crippen LogP contribution is 2.30. The number of methoxy groups -OCH3 is 1. The van der Waals surface area contributed by atoms with E-state index in [9.17, 15) is 5.11 Å². The second-order valence-electron chi connectivity index (χ2n) is 4.84. The number of aliphatic hydroxyl groups excluding tert-OH is 1. The molecule has 0 bridgehead atoms. The fraction of sp³-hybridized carbons (Fsp3) is 0.176. The van der Waals surface area contributed by atoms with Crippen molar-refractivity contribution in [3.63, 3.8) is 0 Å². The van der Waals surface area contributed by atoms with E-state index >= 15 is 0 Å². The highest BCUT2D eigenvalue weighted by Gasteiger charge is 2.15. The van der Waals surface area contributed by atoms with Gasteiger partial charge in [0.25, 0.3) is 0 Å². The van der Waals surface area contributed by atoms with Crippen LogP contribution in [0.25, 0.3) is 22.3 Å². The Kier molecular flexibility index (Phi) is 3.54. The Labute approximate surface area is 123 Å². The van der Waals surface area contributed by atoms with E-state index in [0.29, 0.717) is 22.6 Å². The van der Waals surface area contributed by atoms with Crippen LogP contribution >= 0.6 is 0 Å². The molecule has 4 heteroatoms. The molecule has 0 amide bonds. The molecule has 3 aromatic rings. The molecule has 0 saturated heterocycles. The molecule has 1 heterocycles. The number of hydrogen-bond donors (Lipinski definition) is 1. The standard InChI is InChI=1S/C17H16N2O2/c1-11(20)13-9-6-10-14-16(13)19-15(17(18-14)21-2)12-7-4-3-5-8-12/h3-11,20H,1-2H3. The molecule has 21 heavy (non-hydrogen) atoms. The van der Waals surface area contributed by atoms with E-state index in [1.165, 1.54) is 0 Å². The van der Waals surface area contributed by atoms with Crippen molar-refractivity contribution < 1.29 is 9.84 Å². The van der Waals surface area contributed by atoms with Gasteiger partial charge >= 0.3 is 0 Å². The third kappa shape index (κ3) is 2.45. The van der Waals surface area contributed by atoms with E-state index < -0.39 is 6.10 Å². The molecule has 0 aliphatic carbocycles.